The predicted octanol–water partition coefficient (Wildman–Crippen LogP) is -0.541. The maximum absolute atomic E-state index is 10.9. The fourth-order valence-electron chi connectivity index (χ4n) is 1.57. The first-order valence-electron chi connectivity index (χ1n) is 5.42. The zero-order valence-electron chi connectivity index (χ0n) is 11.2. The standard InChI is InChI=1S/C9H18O8S2/c1-9(2)16-7(5-14-18(3,10)11)8(17-9)6-15-19(4,12)13/h7-8H,5-6H2,1-4H3/t7-,8+. The van der Waals surface area contributed by atoms with Crippen LogP contribution in [0.25, 0.3) is 0 Å². The zero-order chi connectivity index (χ0) is 14.9. The van der Waals surface area contributed by atoms with E-state index in [1.807, 2.05) is 0 Å². The molecule has 0 N–H and O–H groups in total. The van der Waals surface area contributed by atoms with E-state index < -0.39 is 38.2 Å². The van der Waals surface area contributed by atoms with Crippen molar-refractivity contribution < 1.29 is 34.7 Å². The van der Waals surface area contributed by atoms with Crippen LogP contribution in [0.15, 0.2) is 0 Å². The van der Waals surface area contributed by atoms with Crippen LogP contribution < -0.4 is 0 Å². The first kappa shape index (κ1) is 16.8. The Balaban J connectivity index is 2.65. The van der Waals surface area contributed by atoms with Crippen molar-refractivity contribution in [3.63, 3.8) is 0 Å². The molecule has 8 nitrogen and oxygen atoms in total. The second kappa shape index (κ2) is 5.62. The van der Waals surface area contributed by atoms with Crippen LogP contribution >= 0.6 is 0 Å². The third-order valence-corrected chi connectivity index (χ3v) is 3.31. The summed E-state index contributed by atoms with van der Waals surface area (Å²) < 4.78 is 63.8. The van der Waals surface area contributed by atoms with Crippen molar-refractivity contribution >= 4 is 20.2 Å². The summed E-state index contributed by atoms with van der Waals surface area (Å²) in [6.07, 6.45) is 0.365. The van der Waals surface area contributed by atoms with Crippen LogP contribution in [-0.4, -0.2) is 60.6 Å². The Morgan fingerprint density at radius 1 is 0.895 bits per heavy atom. The van der Waals surface area contributed by atoms with Crippen LogP contribution in [0.3, 0.4) is 0 Å². The third-order valence-electron chi connectivity index (χ3n) is 2.18. The Labute approximate surface area is 113 Å². The summed E-state index contributed by atoms with van der Waals surface area (Å²) in [5.41, 5.74) is 0. The second-order valence-corrected chi connectivity index (χ2v) is 7.98. The Morgan fingerprint density at radius 3 is 1.47 bits per heavy atom. The fourth-order valence-corrected chi connectivity index (χ4v) is 2.34. The van der Waals surface area contributed by atoms with E-state index in [0.29, 0.717) is 0 Å². The van der Waals surface area contributed by atoms with Gasteiger partial charge in [0.15, 0.2) is 5.79 Å². The third kappa shape index (κ3) is 6.63. The maximum atomic E-state index is 10.9. The highest BCUT2D eigenvalue weighted by molar-refractivity contribution is 7.86. The lowest BCUT2D eigenvalue weighted by Crippen LogP contribution is -2.33. The molecule has 0 aromatic rings. The van der Waals surface area contributed by atoms with E-state index in [0.717, 1.165) is 12.5 Å². The number of hydrogen-bond donors (Lipinski definition) is 0. The van der Waals surface area contributed by atoms with Gasteiger partial charge < -0.3 is 9.47 Å². The molecular formula is C9H18O8S2. The summed E-state index contributed by atoms with van der Waals surface area (Å²) in [6, 6.07) is 0. The van der Waals surface area contributed by atoms with Crippen LogP contribution in [0.5, 0.6) is 0 Å². The molecule has 1 heterocycles. The molecule has 2 atom stereocenters. The van der Waals surface area contributed by atoms with Gasteiger partial charge in [-0.25, -0.2) is 0 Å². The second-order valence-electron chi connectivity index (χ2n) is 4.69. The molecular weight excluding hydrogens is 300 g/mol. The molecule has 114 valence electrons. The lowest BCUT2D eigenvalue weighted by atomic mass is 10.2. The molecule has 1 rings (SSSR count). The van der Waals surface area contributed by atoms with E-state index >= 15 is 0 Å². The van der Waals surface area contributed by atoms with Gasteiger partial charge in [0.1, 0.15) is 12.2 Å². The van der Waals surface area contributed by atoms with Gasteiger partial charge in [-0.05, 0) is 13.8 Å². The monoisotopic (exact) mass is 318 g/mol. The highest BCUT2D eigenvalue weighted by atomic mass is 32.2. The molecule has 0 unspecified atom stereocenters. The molecule has 0 amide bonds. The Morgan fingerprint density at radius 2 is 1.21 bits per heavy atom. The number of ether oxygens (including phenoxy) is 2. The van der Waals surface area contributed by atoms with Gasteiger partial charge in [-0.3, -0.25) is 8.37 Å². The van der Waals surface area contributed by atoms with Crippen LogP contribution in [0.4, 0.5) is 0 Å². The van der Waals surface area contributed by atoms with E-state index in [9.17, 15) is 16.8 Å². The van der Waals surface area contributed by atoms with Gasteiger partial charge in [-0.15, -0.1) is 0 Å². The SMILES string of the molecule is CC1(C)O[C@@H](COS(C)(=O)=O)[C@@H](COS(C)(=O)=O)O1. The molecule has 1 saturated heterocycles. The lowest BCUT2D eigenvalue weighted by Gasteiger charge is -2.16. The van der Waals surface area contributed by atoms with Crippen LogP contribution in [0, 0.1) is 0 Å². The molecule has 1 aliphatic heterocycles. The minimum Gasteiger partial charge on any atom is -0.342 e. The molecule has 0 radical (unpaired) electrons. The van der Waals surface area contributed by atoms with Crippen LogP contribution in [0.2, 0.25) is 0 Å². The van der Waals surface area contributed by atoms with E-state index in [1.54, 1.807) is 13.8 Å². The quantitative estimate of drug-likeness (QED) is 0.601. The molecule has 0 saturated carbocycles. The topological polar surface area (TPSA) is 105 Å². The molecule has 0 aliphatic carbocycles. The first-order valence-corrected chi connectivity index (χ1v) is 9.06. The van der Waals surface area contributed by atoms with Gasteiger partial charge in [0, 0.05) is 0 Å². The average molecular weight is 318 g/mol. The van der Waals surface area contributed by atoms with Gasteiger partial charge in [0.05, 0.1) is 25.7 Å². The summed E-state index contributed by atoms with van der Waals surface area (Å²) in [5.74, 6) is -0.961. The van der Waals surface area contributed by atoms with Crippen LogP contribution in [-0.2, 0) is 38.1 Å². The maximum Gasteiger partial charge on any atom is 0.264 e. The summed E-state index contributed by atoms with van der Waals surface area (Å²) in [5, 5.41) is 0. The fraction of sp³-hybridized carbons (Fsp3) is 1.00. The average Bonchev–Trinajstić information content (AvgIpc) is 2.45. The Hall–Kier alpha value is -0.260. The first-order chi connectivity index (χ1) is 8.38. The lowest BCUT2D eigenvalue weighted by molar-refractivity contribution is -0.150. The van der Waals surface area contributed by atoms with E-state index in [-0.39, 0.29) is 13.2 Å². The van der Waals surface area contributed by atoms with Crippen molar-refractivity contribution in [1.82, 2.24) is 0 Å². The molecule has 0 aromatic heterocycles. The molecule has 19 heavy (non-hydrogen) atoms. The Bertz CT molecular complexity index is 460. The molecule has 0 bridgehead atoms. The highest BCUT2D eigenvalue weighted by Gasteiger charge is 2.42. The molecule has 0 aromatic carbocycles. The van der Waals surface area contributed by atoms with Crippen LogP contribution in [0.1, 0.15) is 13.8 Å². The molecule has 0 spiro atoms. The van der Waals surface area contributed by atoms with E-state index in [4.69, 9.17) is 9.47 Å². The summed E-state index contributed by atoms with van der Waals surface area (Å²) in [6.45, 7) is 2.72. The van der Waals surface area contributed by atoms with Gasteiger partial charge in [-0.1, -0.05) is 0 Å². The van der Waals surface area contributed by atoms with Crippen molar-refractivity contribution in [3.05, 3.63) is 0 Å². The minimum atomic E-state index is -3.61. The van der Waals surface area contributed by atoms with Crippen molar-refractivity contribution in [2.45, 2.75) is 31.8 Å². The van der Waals surface area contributed by atoms with Crippen molar-refractivity contribution in [2.75, 3.05) is 25.7 Å². The van der Waals surface area contributed by atoms with E-state index in [2.05, 4.69) is 8.37 Å². The molecule has 1 fully saturated rings. The van der Waals surface area contributed by atoms with Gasteiger partial charge in [-0.2, -0.15) is 16.8 Å². The smallest absolute Gasteiger partial charge is 0.264 e. The Kier molecular flexibility index (Phi) is 4.97. The molecule has 10 heteroatoms. The largest absolute Gasteiger partial charge is 0.342 e. The summed E-state index contributed by atoms with van der Waals surface area (Å²) in [7, 11) is -7.22. The minimum absolute atomic E-state index is 0.264. The van der Waals surface area contributed by atoms with Crippen molar-refractivity contribution in [3.8, 4) is 0 Å². The predicted molar refractivity (Wildman–Crippen MR) is 65.4 cm³/mol. The van der Waals surface area contributed by atoms with E-state index in [1.165, 1.54) is 0 Å². The highest BCUT2D eigenvalue weighted by Crippen LogP contribution is 2.29. The summed E-state index contributed by atoms with van der Waals surface area (Å²) >= 11 is 0. The number of rotatable bonds is 6. The van der Waals surface area contributed by atoms with Crippen molar-refractivity contribution in [2.24, 2.45) is 0 Å². The van der Waals surface area contributed by atoms with Gasteiger partial charge in [0.25, 0.3) is 20.2 Å². The van der Waals surface area contributed by atoms with Gasteiger partial charge in [0.2, 0.25) is 0 Å². The summed E-state index contributed by atoms with van der Waals surface area (Å²) in [4.78, 5) is 0. The zero-order valence-corrected chi connectivity index (χ0v) is 12.8. The number of hydrogen-bond acceptors (Lipinski definition) is 8. The van der Waals surface area contributed by atoms with Gasteiger partial charge >= 0.3 is 0 Å². The molecule has 1 aliphatic rings. The van der Waals surface area contributed by atoms with Crippen molar-refractivity contribution in [1.29, 1.82) is 0 Å². The normalized spacial score (nSPS) is 27.6.